The van der Waals surface area contributed by atoms with E-state index < -0.39 is 0 Å². The molecule has 0 fully saturated rings. The number of halogens is 1. The van der Waals surface area contributed by atoms with Crippen molar-refractivity contribution in [2.24, 2.45) is 0 Å². The van der Waals surface area contributed by atoms with Gasteiger partial charge in [-0.05, 0) is 46.7 Å². The molecule has 6 heteroatoms. The minimum Gasteiger partial charge on any atom is -0.383 e. The van der Waals surface area contributed by atoms with Crippen molar-refractivity contribution in [2.45, 2.75) is 36.7 Å². The van der Waals surface area contributed by atoms with Crippen LogP contribution in [0.2, 0.25) is 0 Å². The zero-order valence-electron chi connectivity index (χ0n) is 11.0. The predicted octanol–water partition coefficient (Wildman–Crippen LogP) is 3.80. The molecule has 2 aromatic heterocycles. The lowest BCUT2D eigenvalue weighted by atomic mass is 10.2. The van der Waals surface area contributed by atoms with E-state index in [0.717, 1.165) is 25.9 Å². The van der Waals surface area contributed by atoms with Gasteiger partial charge in [-0.15, -0.1) is 0 Å². The molecule has 2 rings (SSSR count). The van der Waals surface area contributed by atoms with Crippen LogP contribution in [-0.2, 0) is 0 Å². The Morgan fingerprint density at radius 2 is 2.00 bits per heavy atom. The Hall–Kier alpha value is -1.14. The first-order valence-corrected chi connectivity index (χ1v) is 7.51. The summed E-state index contributed by atoms with van der Waals surface area (Å²) in [5, 5.41) is 1.75. The second-order valence-corrected chi connectivity index (χ2v) is 6.39. The molecule has 0 aliphatic heterocycles. The number of anilines is 1. The zero-order valence-corrected chi connectivity index (χ0v) is 13.4. The third-order valence-electron chi connectivity index (χ3n) is 2.57. The SMILES string of the molecule is Cc1c(N)nc(C(C)C)nc1Sc1ccc(Br)cn1. The fourth-order valence-corrected chi connectivity index (χ4v) is 2.48. The molecule has 0 radical (unpaired) electrons. The molecule has 0 amide bonds. The highest BCUT2D eigenvalue weighted by atomic mass is 79.9. The Labute approximate surface area is 125 Å². The van der Waals surface area contributed by atoms with Crippen molar-refractivity contribution in [3.63, 3.8) is 0 Å². The van der Waals surface area contributed by atoms with E-state index in [1.54, 1.807) is 6.20 Å². The summed E-state index contributed by atoms with van der Waals surface area (Å²) >= 11 is 4.88. The molecule has 0 atom stereocenters. The number of pyridine rings is 1. The molecule has 2 aromatic rings. The van der Waals surface area contributed by atoms with Crippen molar-refractivity contribution in [1.82, 2.24) is 15.0 Å². The third kappa shape index (κ3) is 3.45. The molecule has 0 saturated carbocycles. The van der Waals surface area contributed by atoms with Crippen LogP contribution in [0, 0.1) is 6.92 Å². The number of nitrogens with zero attached hydrogens (tertiary/aromatic N) is 3. The normalized spacial score (nSPS) is 11.0. The van der Waals surface area contributed by atoms with E-state index in [1.807, 2.05) is 19.1 Å². The molecular formula is C13H15BrN4S. The van der Waals surface area contributed by atoms with E-state index in [-0.39, 0.29) is 5.92 Å². The Bertz CT molecular complexity index is 584. The summed E-state index contributed by atoms with van der Waals surface area (Å²) in [7, 11) is 0. The highest BCUT2D eigenvalue weighted by molar-refractivity contribution is 9.10. The largest absolute Gasteiger partial charge is 0.383 e. The van der Waals surface area contributed by atoms with Crippen LogP contribution in [0.3, 0.4) is 0 Å². The van der Waals surface area contributed by atoms with Gasteiger partial charge in [-0.25, -0.2) is 15.0 Å². The lowest BCUT2D eigenvalue weighted by Gasteiger charge is -2.11. The predicted molar refractivity (Wildman–Crippen MR) is 81.3 cm³/mol. The Kier molecular flexibility index (Phi) is 4.42. The molecule has 0 aromatic carbocycles. The lowest BCUT2D eigenvalue weighted by Crippen LogP contribution is -2.05. The first kappa shape index (κ1) is 14.3. The smallest absolute Gasteiger partial charge is 0.134 e. The summed E-state index contributed by atoms with van der Waals surface area (Å²) in [5.41, 5.74) is 6.85. The Morgan fingerprint density at radius 1 is 1.26 bits per heavy atom. The number of nitrogens with two attached hydrogens (primary N) is 1. The highest BCUT2D eigenvalue weighted by Gasteiger charge is 2.12. The molecule has 2 N–H and O–H groups in total. The van der Waals surface area contributed by atoms with E-state index in [0.29, 0.717) is 5.82 Å². The van der Waals surface area contributed by atoms with Gasteiger partial charge in [-0.2, -0.15) is 0 Å². The van der Waals surface area contributed by atoms with E-state index in [9.17, 15) is 0 Å². The van der Waals surface area contributed by atoms with Crippen LogP contribution < -0.4 is 5.73 Å². The monoisotopic (exact) mass is 338 g/mol. The fraction of sp³-hybridized carbons (Fsp3) is 0.308. The first-order valence-electron chi connectivity index (χ1n) is 5.90. The van der Waals surface area contributed by atoms with Gasteiger partial charge < -0.3 is 5.73 Å². The van der Waals surface area contributed by atoms with Crippen LogP contribution in [0.4, 0.5) is 5.82 Å². The zero-order chi connectivity index (χ0) is 14.0. The van der Waals surface area contributed by atoms with Gasteiger partial charge in [0.15, 0.2) is 0 Å². The summed E-state index contributed by atoms with van der Waals surface area (Å²) in [4.78, 5) is 13.2. The van der Waals surface area contributed by atoms with Crippen molar-refractivity contribution >= 4 is 33.5 Å². The van der Waals surface area contributed by atoms with E-state index in [4.69, 9.17) is 5.73 Å². The first-order chi connectivity index (χ1) is 8.97. The maximum atomic E-state index is 5.94. The molecule has 0 aliphatic carbocycles. The van der Waals surface area contributed by atoms with Gasteiger partial charge in [0.1, 0.15) is 21.7 Å². The lowest BCUT2D eigenvalue weighted by molar-refractivity contribution is 0.751. The molecule has 19 heavy (non-hydrogen) atoms. The standard InChI is InChI=1S/C13H15BrN4S/c1-7(2)12-17-11(15)8(3)13(18-12)19-10-5-4-9(14)6-16-10/h4-7H,1-3H3,(H2,15,17,18). The number of aromatic nitrogens is 3. The molecule has 2 heterocycles. The molecular weight excluding hydrogens is 324 g/mol. The van der Waals surface area contributed by atoms with Gasteiger partial charge >= 0.3 is 0 Å². The summed E-state index contributed by atoms with van der Waals surface area (Å²) in [6.07, 6.45) is 1.77. The molecule has 0 aliphatic rings. The van der Waals surface area contributed by atoms with E-state index >= 15 is 0 Å². The minimum atomic E-state index is 0.250. The van der Waals surface area contributed by atoms with Crippen molar-refractivity contribution in [3.05, 3.63) is 34.2 Å². The molecule has 0 spiro atoms. The quantitative estimate of drug-likeness (QED) is 0.862. The minimum absolute atomic E-state index is 0.250. The maximum absolute atomic E-state index is 5.94. The van der Waals surface area contributed by atoms with Crippen molar-refractivity contribution in [1.29, 1.82) is 0 Å². The Balaban J connectivity index is 2.36. The molecule has 0 unspecified atom stereocenters. The van der Waals surface area contributed by atoms with Gasteiger partial charge in [0.25, 0.3) is 0 Å². The van der Waals surface area contributed by atoms with E-state index in [1.165, 1.54) is 11.8 Å². The number of nitrogen functional groups attached to an aromatic ring is 1. The van der Waals surface area contributed by atoms with Crippen LogP contribution in [-0.4, -0.2) is 15.0 Å². The second-order valence-electron chi connectivity index (χ2n) is 4.47. The summed E-state index contributed by atoms with van der Waals surface area (Å²) in [5.74, 6) is 1.56. The average molecular weight is 339 g/mol. The third-order valence-corrected chi connectivity index (χ3v) is 4.08. The average Bonchev–Trinajstić information content (AvgIpc) is 2.37. The van der Waals surface area contributed by atoms with Crippen LogP contribution >= 0.6 is 27.7 Å². The number of rotatable bonds is 3. The molecule has 4 nitrogen and oxygen atoms in total. The van der Waals surface area contributed by atoms with Crippen LogP contribution in [0.15, 0.2) is 32.9 Å². The fourth-order valence-electron chi connectivity index (χ4n) is 1.41. The summed E-state index contributed by atoms with van der Waals surface area (Å²) in [6, 6.07) is 3.90. The molecule has 0 saturated heterocycles. The van der Waals surface area contributed by atoms with Gasteiger partial charge in [-0.1, -0.05) is 13.8 Å². The number of hydrogen-bond donors (Lipinski definition) is 1. The van der Waals surface area contributed by atoms with Gasteiger partial charge in [0.2, 0.25) is 0 Å². The van der Waals surface area contributed by atoms with Crippen molar-refractivity contribution in [2.75, 3.05) is 5.73 Å². The maximum Gasteiger partial charge on any atom is 0.134 e. The van der Waals surface area contributed by atoms with Crippen LogP contribution in [0.5, 0.6) is 0 Å². The molecule has 0 bridgehead atoms. The second kappa shape index (κ2) is 5.88. The molecule has 100 valence electrons. The Morgan fingerprint density at radius 3 is 2.58 bits per heavy atom. The number of hydrogen-bond acceptors (Lipinski definition) is 5. The van der Waals surface area contributed by atoms with Gasteiger partial charge in [0.05, 0.1) is 0 Å². The van der Waals surface area contributed by atoms with Crippen molar-refractivity contribution < 1.29 is 0 Å². The van der Waals surface area contributed by atoms with Crippen LogP contribution in [0.25, 0.3) is 0 Å². The van der Waals surface area contributed by atoms with Gasteiger partial charge in [-0.3, -0.25) is 0 Å². The topological polar surface area (TPSA) is 64.7 Å². The summed E-state index contributed by atoms with van der Waals surface area (Å²) < 4.78 is 0.957. The summed E-state index contributed by atoms with van der Waals surface area (Å²) in [6.45, 7) is 6.04. The van der Waals surface area contributed by atoms with Gasteiger partial charge in [0, 0.05) is 22.2 Å². The van der Waals surface area contributed by atoms with E-state index in [2.05, 4.69) is 44.7 Å². The van der Waals surface area contributed by atoms with Crippen molar-refractivity contribution in [3.8, 4) is 0 Å². The van der Waals surface area contributed by atoms with Crippen LogP contribution in [0.1, 0.15) is 31.2 Å². The highest BCUT2D eigenvalue weighted by Crippen LogP contribution is 2.30.